The summed E-state index contributed by atoms with van der Waals surface area (Å²) in [4.78, 5) is 28.5. The fourth-order valence-electron chi connectivity index (χ4n) is 4.11. The van der Waals surface area contributed by atoms with Gasteiger partial charge in [0.25, 0.3) is 5.91 Å². The highest BCUT2D eigenvalue weighted by Crippen LogP contribution is 2.20. The summed E-state index contributed by atoms with van der Waals surface area (Å²) in [6, 6.07) is 16.1. The largest absolute Gasteiger partial charge is 0.372 e. The Morgan fingerprint density at radius 3 is 2.17 bits per heavy atom. The van der Waals surface area contributed by atoms with E-state index in [1.807, 2.05) is 41.3 Å². The molecule has 2 aliphatic rings. The highest BCUT2D eigenvalue weighted by molar-refractivity contribution is 5.94. The molecule has 1 N–H and O–H groups in total. The molecule has 0 aromatic heterocycles. The third kappa shape index (κ3) is 4.97. The van der Waals surface area contributed by atoms with Crippen LogP contribution in [0.4, 0.5) is 5.69 Å². The number of hydrogen-bond acceptors (Lipinski definition) is 3. The van der Waals surface area contributed by atoms with E-state index in [0.717, 1.165) is 37.2 Å². The summed E-state index contributed by atoms with van der Waals surface area (Å²) in [6.45, 7) is 4.23. The van der Waals surface area contributed by atoms with Gasteiger partial charge in [0.15, 0.2) is 0 Å². The second kappa shape index (κ2) is 9.12. The van der Waals surface area contributed by atoms with Crippen molar-refractivity contribution in [3.63, 3.8) is 0 Å². The van der Waals surface area contributed by atoms with Crippen molar-refractivity contribution in [3.05, 3.63) is 65.2 Å². The van der Waals surface area contributed by atoms with Gasteiger partial charge >= 0.3 is 0 Å². The second-order valence-corrected chi connectivity index (χ2v) is 8.01. The standard InChI is InChI=1S/C24H29N3O2/c28-23-5-4-16-27(23)18-20-8-6-19(7-9-20)17-25-24(29)21-10-12-22(13-11-21)26-14-2-1-3-15-26/h6-13H,1-5,14-18H2,(H,25,29). The van der Waals surface area contributed by atoms with Crippen molar-refractivity contribution < 1.29 is 9.59 Å². The van der Waals surface area contributed by atoms with E-state index >= 15 is 0 Å². The number of benzene rings is 2. The van der Waals surface area contributed by atoms with Gasteiger partial charge < -0.3 is 15.1 Å². The van der Waals surface area contributed by atoms with Crippen molar-refractivity contribution >= 4 is 17.5 Å². The van der Waals surface area contributed by atoms with E-state index < -0.39 is 0 Å². The summed E-state index contributed by atoms with van der Waals surface area (Å²) in [5.74, 6) is 0.189. The van der Waals surface area contributed by atoms with Gasteiger partial charge in [-0.2, -0.15) is 0 Å². The summed E-state index contributed by atoms with van der Waals surface area (Å²) in [5, 5.41) is 3.00. The molecule has 2 heterocycles. The number of nitrogens with zero attached hydrogens (tertiary/aromatic N) is 2. The number of rotatable bonds is 6. The lowest BCUT2D eigenvalue weighted by Gasteiger charge is -2.28. The minimum Gasteiger partial charge on any atom is -0.372 e. The molecule has 5 nitrogen and oxygen atoms in total. The smallest absolute Gasteiger partial charge is 0.251 e. The zero-order chi connectivity index (χ0) is 20.1. The molecule has 0 atom stereocenters. The van der Waals surface area contributed by atoms with Crippen molar-refractivity contribution in [2.75, 3.05) is 24.5 Å². The average Bonchev–Trinajstić information content (AvgIpc) is 3.18. The molecule has 2 aliphatic heterocycles. The summed E-state index contributed by atoms with van der Waals surface area (Å²) in [6.07, 6.45) is 5.43. The van der Waals surface area contributed by atoms with E-state index in [9.17, 15) is 9.59 Å². The van der Waals surface area contributed by atoms with Gasteiger partial charge in [-0.05, 0) is 61.1 Å². The lowest BCUT2D eigenvalue weighted by atomic mass is 10.1. The molecule has 0 saturated carbocycles. The first kappa shape index (κ1) is 19.5. The summed E-state index contributed by atoms with van der Waals surface area (Å²) in [7, 11) is 0. The molecule has 0 radical (unpaired) electrons. The van der Waals surface area contributed by atoms with Gasteiger partial charge in [-0.25, -0.2) is 0 Å². The Hall–Kier alpha value is -2.82. The molecule has 29 heavy (non-hydrogen) atoms. The van der Waals surface area contributed by atoms with Crippen LogP contribution in [0.15, 0.2) is 48.5 Å². The minimum absolute atomic E-state index is 0.0538. The molecule has 2 aromatic rings. The zero-order valence-electron chi connectivity index (χ0n) is 16.9. The molecule has 2 amide bonds. The first-order chi connectivity index (χ1) is 14.2. The van der Waals surface area contributed by atoms with Crippen LogP contribution in [0.25, 0.3) is 0 Å². The number of hydrogen-bond donors (Lipinski definition) is 1. The number of anilines is 1. The maximum atomic E-state index is 12.5. The molecule has 2 saturated heterocycles. The molecule has 152 valence electrons. The number of carbonyl (C=O) groups excluding carboxylic acids is 2. The molecule has 0 bridgehead atoms. The highest BCUT2D eigenvalue weighted by Gasteiger charge is 2.19. The Labute approximate surface area is 172 Å². The van der Waals surface area contributed by atoms with Crippen molar-refractivity contribution in [3.8, 4) is 0 Å². The van der Waals surface area contributed by atoms with Crippen LogP contribution >= 0.6 is 0 Å². The van der Waals surface area contributed by atoms with Crippen LogP contribution in [-0.2, 0) is 17.9 Å². The van der Waals surface area contributed by atoms with Crippen LogP contribution in [0.1, 0.15) is 53.6 Å². The van der Waals surface area contributed by atoms with Crippen LogP contribution in [0.2, 0.25) is 0 Å². The normalized spacial score (nSPS) is 16.9. The Morgan fingerprint density at radius 2 is 1.52 bits per heavy atom. The topological polar surface area (TPSA) is 52.7 Å². The van der Waals surface area contributed by atoms with Crippen molar-refractivity contribution in [1.82, 2.24) is 10.2 Å². The third-order valence-electron chi connectivity index (χ3n) is 5.87. The quantitative estimate of drug-likeness (QED) is 0.816. The molecule has 0 spiro atoms. The van der Waals surface area contributed by atoms with Crippen LogP contribution in [0.5, 0.6) is 0 Å². The van der Waals surface area contributed by atoms with E-state index in [4.69, 9.17) is 0 Å². The number of piperidine rings is 1. The van der Waals surface area contributed by atoms with Gasteiger partial charge in [-0.15, -0.1) is 0 Å². The third-order valence-corrected chi connectivity index (χ3v) is 5.87. The van der Waals surface area contributed by atoms with Gasteiger partial charge in [0.05, 0.1) is 0 Å². The van der Waals surface area contributed by atoms with Crippen LogP contribution in [-0.4, -0.2) is 36.3 Å². The number of likely N-dealkylation sites (tertiary alicyclic amines) is 1. The van der Waals surface area contributed by atoms with E-state index in [0.29, 0.717) is 25.1 Å². The summed E-state index contributed by atoms with van der Waals surface area (Å²) in [5.41, 5.74) is 4.08. The molecule has 4 rings (SSSR count). The van der Waals surface area contributed by atoms with E-state index in [2.05, 4.69) is 22.3 Å². The lowest BCUT2D eigenvalue weighted by Crippen LogP contribution is -2.29. The fraction of sp³-hybridized carbons (Fsp3) is 0.417. The lowest BCUT2D eigenvalue weighted by molar-refractivity contribution is -0.128. The Bertz CT molecular complexity index is 839. The minimum atomic E-state index is -0.0538. The predicted molar refractivity (Wildman–Crippen MR) is 115 cm³/mol. The van der Waals surface area contributed by atoms with E-state index in [1.165, 1.54) is 24.9 Å². The molecule has 0 unspecified atom stereocenters. The van der Waals surface area contributed by atoms with Gasteiger partial charge in [0.2, 0.25) is 5.91 Å². The molecule has 5 heteroatoms. The van der Waals surface area contributed by atoms with Crippen molar-refractivity contribution in [2.24, 2.45) is 0 Å². The number of carbonyl (C=O) groups is 2. The van der Waals surface area contributed by atoms with Gasteiger partial charge in [0.1, 0.15) is 0 Å². The Kier molecular flexibility index (Phi) is 6.13. The Morgan fingerprint density at radius 1 is 0.828 bits per heavy atom. The van der Waals surface area contributed by atoms with E-state index in [-0.39, 0.29) is 11.8 Å². The SMILES string of the molecule is O=C(NCc1ccc(CN2CCCC2=O)cc1)c1ccc(N2CCCCC2)cc1. The second-order valence-electron chi connectivity index (χ2n) is 8.01. The molecular weight excluding hydrogens is 362 g/mol. The van der Waals surface area contributed by atoms with Gasteiger partial charge in [-0.3, -0.25) is 9.59 Å². The zero-order valence-corrected chi connectivity index (χ0v) is 16.9. The maximum Gasteiger partial charge on any atom is 0.251 e. The van der Waals surface area contributed by atoms with Crippen molar-refractivity contribution in [2.45, 2.75) is 45.2 Å². The average molecular weight is 392 g/mol. The number of amides is 2. The maximum absolute atomic E-state index is 12.5. The Balaban J connectivity index is 1.28. The van der Waals surface area contributed by atoms with Crippen LogP contribution < -0.4 is 10.2 Å². The summed E-state index contributed by atoms with van der Waals surface area (Å²) >= 11 is 0. The van der Waals surface area contributed by atoms with Gasteiger partial charge in [-0.1, -0.05) is 24.3 Å². The molecule has 0 aliphatic carbocycles. The fourth-order valence-corrected chi connectivity index (χ4v) is 4.11. The molecular formula is C24H29N3O2. The first-order valence-corrected chi connectivity index (χ1v) is 10.7. The van der Waals surface area contributed by atoms with E-state index in [1.54, 1.807) is 0 Å². The van der Waals surface area contributed by atoms with Crippen LogP contribution in [0, 0.1) is 0 Å². The molecule has 2 fully saturated rings. The van der Waals surface area contributed by atoms with Crippen LogP contribution in [0.3, 0.4) is 0 Å². The predicted octanol–water partition coefficient (Wildman–Crippen LogP) is 3.73. The van der Waals surface area contributed by atoms with Crippen molar-refractivity contribution in [1.29, 1.82) is 0 Å². The highest BCUT2D eigenvalue weighted by atomic mass is 16.2. The molecule has 2 aromatic carbocycles. The first-order valence-electron chi connectivity index (χ1n) is 10.7. The monoisotopic (exact) mass is 391 g/mol. The number of nitrogens with one attached hydrogen (secondary N) is 1. The van der Waals surface area contributed by atoms with Gasteiger partial charge in [0, 0.05) is 50.4 Å². The summed E-state index contributed by atoms with van der Waals surface area (Å²) < 4.78 is 0.